The van der Waals surface area contributed by atoms with E-state index in [9.17, 15) is 4.79 Å². The smallest absolute Gasteiger partial charge is 0.257 e. The first-order valence-corrected chi connectivity index (χ1v) is 10.9. The van der Waals surface area contributed by atoms with Crippen LogP contribution in [0.2, 0.25) is 0 Å². The molecule has 0 saturated heterocycles. The maximum absolute atomic E-state index is 12.4. The third-order valence-corrected chi connectivity index (χ3v) is 6.02. The molecule has 0 aliphatic carbocycles. The number of halogens is 1. The molecule has 2 N–H and O–H groups in total. The van der Waals surface area contributed by atoms with Crippen molar-refractivity contribution < 1.29 is 4.79 Å². The molecule has 2 aromatic heterocycles. The van der Waals surface area contributed by atoms with Crippen molar-refractivity contribution in [2.75, 3.05) is 5.32 Å². The van der Waals surface area contributed by atoms with Crippen LogP contribution in [0.25, 0.3) is 15.5 Å². The third-order valence-electron chi connectivity index (χ3n) is 4.19. The van der Waals surface area contributed by atoms with Crippen LogP contribution in [0.3, 0.4) is 0 Å². The highest BCUT2D eigenvalue weighted by Crippen LogP contribution is 2.29. The van der Waals surface area contributed by atoms with Gasteiger partial charge in [-0.3, -0.25) is 10.1 Å². The number of nitrogens with one attached hydrogen (secondary N) is 2. The van der Waals surface area contributed by atoms with Gasteiger partial charge >= 0.3 is 0 Å². The van der Waals surface area contributed by atoms with Crippen LogP contribution in [0.5, 0.6) is 0 Å². The molecular formula is C19H15IN6OS2. The number of hydrogen-bond donors (Lipinski definition) is 2. The summed E-state index contributed by atoms with van der Waals surface area (Å²) in [6.07, 6.45) is 0. The minimum atomic E-state index is -0.251. The predicted molar refractivity (Wildman–Crippen MR) is 126 cm³/mol. The molecule has 0 aliphatic rings. The average Bonchev–Trinajstić information content (AvgIpc) is 3.26. The Morgan fingerprint density at radius 3 is 2.76 bits per heavy atom. The zero-order valence-corrected chi connectivity index (χ0v) is 19.2. The number of anilines is 1. The van der Waals surface area contributed by atoms with Crippen molar-refractivity contribution >= 4 is 67.8 Å². The average molecular weight is 534 g/mol. The fourth-order valence-electron chi connectivity index (χ4n) is 2.68. The molecule has 0 atom stereocenters. The first-order valence-electron chi connectivity index (χ1n) is 8.58. The van der Waals surface area contributed by atoms with Gasteiger partial charge in [0.2, 0.25) is 4.96 Å². The number of amides is 1. The van der Waals surface area contributed by atoms with Gasteiger partial charge in [-0.15, -0.1) is 10.2 Å². The molecule has 10 heteroatoms. The van der Waals surface area contributed by atoms with Crippen molar-refractivity contribution in [2.45, 2.75) is 13.8 Å². The van der Waals surface area contributed by atoms with Crippen molar-refractivity contribution in [3.63, 3.8) is 0 Å². The third kappa shape index (κ3) is 4.28. The van der Waals surface area contributed by atoms with Gasteiger partial charge in [-0.25, -0.2) is 0 Å². The van der Waals surface area contributed by atoms with Crippen molar-refractivity contribution in [1.82, 2.24) is 25.1 Å². The summed E-state index contributed by atoms with van der Waals surface area (Å²) < 4.78 is 2.71. The topological polar surface area (TPSA) is 84.2 Å². The lowest BCUT2D eigenvalue weighted by molar-refractivity contribution is 0.0977. The molecule has 0 fully saturated rings. The zero-order chi connectivity index (χ0) is 20.5. The lowest BCUT2D eigenvalue weighted by Crippen LogP contribution is -2.34. The molecule has 0 bridgehead atoms. The first-order chi connectivity index (χ1) is 13.9. The fraction of sp³-hybridized carbons (Fsp3) is 0.105. The normalized spacial score (nSPS) is 10.9. The van der Waals surface area contributed by atoms with Gasteiger partial charge in [0.15, 0.2) is 10.9 Å². The molecule has 0 unspecified atom stereocenters. The van der Waals surface area contributed by atoms with Crippen molar-refractivity contribution in [2.24, 2.45) is 0 Å². The minimum absolute atomic E-state index is 0.239. The van der Waals surface area contributed by atoms with E-state index in [4.69, 9.17) is 12.2 Å². The monoisotopic (exact) mass is 534 g/mol. The molecule has 0 radical (unpaired) electrons. The summed E-state index contributed by atoms with van der Waals surface area (Å²) in [4.78, 5) is 13.2. The van der Waals surface area contributed by atoms with Gasteiger partial charge in [0.1, 0.15) is 5.01 Å². The molecule has 0 spiro atoms. The quantitative estimate of drug-likeness (QED) is 0.303. The van der Waals surface area contributed by atoms with Crippen LogP contribution in [0.4, 0.5) is 5.69 Å². The van der Waals surface area contributed by atoms with Crippen LogP contribution in [0.1, 0.15) is 21.7 Å². The van der Waals surface area contributed by atoms with Crippen LogP contribution >= 0.6 is 46.1 Å². The molecule has 1 amide bonds. The maximum atomic E-state index is 12.4. The molecule has 4 aromatic rings. The zero-order valence-electron chi connectivity index (χ0n) is 15.4. The summed E-state index contributed by atoms with van der Waals surface area (Å²) in [6.45, 7) is 3.83. The fourth-order valence-corrected chi connectivity index (χ4v) is 4.31. The second-order valence-corrected chi connectivity index (χ2v) is 8.91. The van der Waals surface area contributed by atoms with Crippen LogP contribution in [0, 0.1) is 17.4 Å². The Hall–Kier alpha value is -2.44. The van der Waals surface area contributed by atoms with E-state index < -0.39 is 0 Å². The Labute approximate surface area is 189 Å². The highest BCUT2D eigenvalue weighted by molar-refractivity contribution is 14.1. The number of aryl methyl sites for hydroxylation is 2. The Morgan fingerprint density at radius 2 is 2.00 bits per heavy atom. The number of aromatic nitrogens is 4. The highest BCUT2D eigenvalue weighted by Gasteiger charge is 2.13. The van der Waals surface area contributed by atoms with Crippen molar-refractivity contribution in [3.8, 4) is 10.6 Å². The summed E-state index contributed by atoms with van der Waals surface area (Å²) in [6, 6.07) is 13.3. The van der Waals surface area contributed by atoms with Gasteiger partial charge in [0.05, 0.1) is 0 Å². The molecule has 29 heavy (non-hydrogen) atoms. The number of fused-ring (bicyclic) bond motifs is 1. The van der Waals surface area contributed by atoms with Crippen LogP contribution in [0.15, 0.2) is 42.5 Å². The summed E-state index contributed by atoms with van der Waals surface area (Å²) >= 11 is 8.97. The molecular weight excluding hydrogens is 519 g/mol. The molecule has 0 saturated carbocycles. The van der Waals surface area contributed by atoms with E-state index in [0.29, 0.717) is 5.56 Å². The second-order valence-electron chi connectivity index (χ2n) is 6.30. The van der Waals surface area contributed by atoms with Gasteiger partial charge in [-0.2, -0.15) is 9.61 Å². The van der Waals surface area contributed by atoms with E-state index in [2.05, 4.69) is 48.5 Å². The summed E-state index contributed by atoms with van der Waals surface area (Å²) in [7, 11) is 0. The van der Waals surface area contributed by atoms with Crippen LogP contribution in [-0.2, 0) is 0 Å². The Bertz CT molecular complexity index is 1250. The Kier molecular flexibility index (Phi) is 5.56. The molecule has 2 heterocycles. The van der Waals surface area contributed by atoms with Gasteiger partial charge in [-0.1, -0.05) is 29.5 Å². The Morgan fingerprint density at radius 1 is 1.17 bits per heavy atom. The summed E-state index contributed by atoms with van der Waals surface area (Å²) in [5.74, 6) is 0.492. The van der Waals surface area contributed by atoms with Crippen molar-refractivity contribution in [3.05, 3.63) is 63.0 Å². The van der Waals surface area contributed by atoms with E-state index in [1.54, 1.807) is 16.6 Å². The number of carbonyl (C=O) groups is 1. The van der Waals surface area contributed by atoms with Crippen LogP contribution < -0.4 is 10.6 Å². The second kappa shape index (κ2) is 8.13. The molecule has 0 aliphatic heterocycles. The number of hydrogen-bond acceptors (Lipinski definition) is 6. The largest absolute Gasteiger partial charge is 0.332 e. The standard InChI is InChI=1S/C19H15IN6OS2/c1-10-6-7-13(17-25-26-11(2)23-24-19(26)29-17)9-15(10)21-18(28)22-16(27)12-4-3-5-14(20)8-12/h3-9H,1-2H3,(H2,21,22,27,28). The SMILES string of the molecule is Cc1ccc(-c2nn3c(C)nnc3s2)cc1NC(=S)NC(=O)c1cccc(I)c1. The number of rotatable bonds is 3. The molecule has 7 nitrogen and oxygen atoms in total. The van der Waals surface area contributed by atoms with Gasteiger partial charge < -0.3 is 5.32 Å². The van der Waals surface area contributed by atoms with Crippen molar-refractivity contribution in [1.29, 1.82) is 0 Å². The number of carbonyl (C=O) groups excluding carboxylic acids is 1. The maximum Gasteiger partial charge on any atom is 0.257 e. The molecule has 2 aromatic carbocycles. The first kappa shape index (κ1) is 19.9. The number of benzene rings is 2. The van der Waals surface area contributed by atoms with Crippen LogP contribution in [-0.4, -0.2) is 30.8 Å². The summed E-state index contributed by atoms with van der Waals surface area (Å²) in [5, 5.41) is 19.6. The minimum Gasteiger partial charge on any atom is -0.332 e. The Balaban J connectivity index is 1.53. The van der Waals surface area contributed by atoms with Gasteiger partial charge in [0.25, 0.3) is 5.91 Å². The highest BCUT2D eigenvalue weighted by atomic mass is 127. The van der Waals surface area contributed by atoms with Gasteiger partial charge in [0, 0.05) is 20.4 Å². The summed E-state index contributed by atoms with van der Waals surface area (Å²) in [5.41, 5.74) is 3.29. The predicted octanol–water partition coefficient (Wildman–Crippen LogP) is 4.20. The van der Waals surface area contributed by atoms with E-state index in [0.717, 1.165) is 36.2 Å². The van der Waals surface area contributed by atoms with Gasteiger partial charge in [-0.05, 0) is 78.5 Å². The van der Waals surface area contributed by atoms with E-state index in [1.807, 2.05) is 44.2 Å². The lowest BCUT2D eigenvalue weighted by atomic mass is 10.1. The van der Waals surface area contributed by atoms with E-state index in [-0.39, 0.29) is 11.0 Å². The molecule has 4 rings (SSSR count). The molecule has 146 valence electrons. The van der Waals surface area contributed by atoms with E-state index in [1.165, 1.54) is 11.3 Å². The number of nitrogens with zero attached hydrogens (tertiary/aromatic N) is 4. The number of thiocarbonyl (C=S) groups is 1. The van der Waals surface area contributed by atoms with E-state index >= 15 is 0 Å². The lowest BCUT2D eigenvalue weighted by Gasteiger charge is -2.13.